The van der Waals surface area contributed by atoms with E-state index in [1.165, 1.54) is 0 Å². The van der Waals surface area contributed by atoms with Crippen molar-refractivity contribution in [3.05, 3.63) is 89.3 Å². The quantitative estimate of drug-likeness (QED) is 0.164. The Balaban J connectivity index is 1.24. The van der Waals surface area contributed by atoms with E-state index in [9.17, 15) is 14.4 Å². The van der Waals surface area contributed by atoms with Gasteiger partial charge in [0.2, 0.25) is 5.82 Å². The summed E-state index contributed by atoms with van der Waals surface area (Å²) in [5.74, 6) is 1.06. The Bertz CT molecular complexity index is 1990. The molecule has 51 heavy (non-hydrogen) atoms. The highest BCUT2D eigenvalue weighted by atomic mass is 16.5. The van der Waals surface area contributed by atoms with Gasteiger partial charge in [-0.05, 0) is 77.3 Å². The average molecular weight is 695 g/mol. The number of rotatable bonds is 10. The van der Waals surface area contributed by atoms with Gasteiger partial charge in [0.05, 0.1) is 17.4 Å². The Morgan fingerprint density at radius 2 is 1.90 bits per heavy atom. The molecule has 4 aromatic rings. The van der Waals surface area contributed by atoms with Crippen molar-refractivity contribution in [2.45, 2.75) is 63.1 Å². The summed E-state index contributed by atoms with van der Waals surface area (Å²) in [5, 5.41) is 17.3. The van der Waals surface area contributed by atoms with Crippen molar-refractivity contribution < 1.29 is 19.1 Å². The fraction of sp³-hybridized carbons (Fsp3) is 0.432. The van der Waals surface area contributed by atoms with Crippen LogP contribution in [-0.4, -0.2) is 93.4 Å². The summed E-state index contributed by atoms with van der Waals surface area (Å²) in [7, 11) is 5.92. The Morgan fingerprint density at radius 3 is 2.61 bits per heavy atom. The van der Waals surface area contributed by atoms with Crippen LogP contribution in [-0.2, 0) is 21.3 Å². The molecular weight excluding hydrogens is 648 g/mol. The van der Waals surface area contributed by atoms with Gasteiger partial charge in [-0.15, -0.1) is 10.2 Å². The topological polar surface area (TPSA) is 159 Å². The summed E-state index contributed by atoms with van der Waals surface area (Å²) < 4.78 is 8.50. The number of nitrogens with zero attached hydrogens (tertiary/aromatic N) is 7. The number of aldehydes is 1. The average Bonchev–Trinajstić information content (AvgIpc) is 3.67. The number of carbonyl (C=O) groups excluding carboxylic acids is 3. The molecule has 3 amide bonds. The minimum atomic E-state index is -1.50. The lowest BCUT2D eigenvalue weighted by molar-refractivity contribution is -0.111. The maximum atomic E-state index is 13.6. The highest BCUT2D eigenvalue weighted by Gasteiger charge is 2.41. The van der Waals surface area contributed by atoms with Crippen molar-refractivity contribution in [3.63, 3.8) is 0 Å². The monoisotopic (exact) mass is 694 g/mol. The first-order valence-electron chi connectivity index (χ1n) is 17.1. The molecule has 1 aliphatic carbocycles. The van der Waals surface area contributed by atoms with E-state index in [0.717, 1.165) is 30.9 Å². The molecule has 0 saturated carbocycles. The third-order valence-electron chi connectivity index (χ3n) is 9.66. The number of hydrogen-bond acceptors (Lipinski definition) is 10. The first-order chi connectivity index (χ1) is 24.2. The molecule has 0 bridgehead atoms. The van der Waals surface area contributed by atoms with Gasteiger partial charge >= 0.3 is 6.03 Å². The number of benzene rings is 1. The molecule has 14 nitrogen and oxygen atoms in total. The van der Waals surface area contributed by atoms with Crippen LogP contribution in [0.3, 0.4) is 0 Å². The molecule has 1 aromatic carbocycles. The maximum Gasteiger partial charge on any atom is 0.321 e. The molecule has 0 spiro atoms. The fourth-order valence-electron chi connectivity index (χ4n) is 6.54. The lowest BCUT2D eigenvalue weighted by Crippen LogP contribution is -2.49. The lowest BCUT2D eigenvalue weighted by Gasteiger charge is -2.34. The van der Waals surface area contributed by atoms with E-state index in [1.807, 2.05) is 80.7 Å². The van der Waals surface area contributed by atoms with Gasteiger partial charge in [-0.3, -0.25) is 24.2 Å². The third kappa shape index (κ3) is 7.19. The second-order valence-electron chi connectivity index (χ2n) is 14.7. The molecule has 14 heteroatoms. The maximum absolute atomic E-state index is 13.6. The molecule has 1 fully saturated rings. The SMILES string of the molecule is CN(C)CCNC(=O)c1nc(NC(=O)N[C@@]2(C=O)C=C[C@@H](Oc3ccc4nnc([C@]5(C)CCCN5C)n4c3)c3ccccc32)cc(C(C)(C)C)n1. The zero-order valence-corrected chi connectivity index (χ0v) is 30.2. The number of fused-ring (bicyclic) bond motifs is 2. The van der Waals surface area contributed by atoms with Crippen LogP contribution in [0.5, 0.6) is 5.75 Å². The van der Waals surface area contributed by atoms with Crippen LogP contribution in [0, 0.1) is 0 Å². The predicted molar refractivity (Wildman–Crippen MR) is 193 cm³/mol. The van der Waals surface area contributed by atoms with Gasteiger partial charge in [-0.25, -0.2) is 14.8 Å². The van der Waals surface area contributed by atoms with Crippen LogP contribution >= 0.6 is 0 Å². The minimum Gasteiger partial charge on any atom is -0.480 e. The number of pyridine rings is 1. The van der Waals surface area contributed by atoms with Crippen molar-refractivity contribution in [1.82, 2.24) is 45.0 Å². The molecule has 1 saturated heterocycles. The van der Waals surface area contributed by atoms with Crippen LogP contribution < -0.4 is 20.7 Å². The number of anilines is 1. The standard InChI is InChI=1S/C37H46N10O4/c1-35(2,3)28-21-29(40-31(39-28)32(49)38-18-20-45(5)6)41-34(50)42-37(23-48)17-15-27(25-11-8-9-12-26(25)37)51-24-13-14-30-43-44-33(47(30)22-24)36(4)16-10-19-46(36)7/h8-9,11-15,17,21-23,27H,10,16,18-20H2,1-7H3,(H,38,49)(H2,39,40,41,42,50)/t27-,36+,37-/m1/s1. The highest BCUT2D eigenvalue weighted by Crippen LogP contribution is 2.39. The van der Waals surface area contributed by atoms with E-state index in [-0.39, 0.29) is 17.2 Å². The van der Waals surface area contributed by atoms with Gasteiger partial charge in [-0.2, -0.15) is 0 Å². The predicted octanol–water partition coefficient (Wildman–Crippen LogP) is 3.95. The van der Waals surface area contributed by atoms with Crippen LogP contribution in [0.1, 0.15) is 79.9 Å². The lowest BCUT2D eigenvalue weighted by atomic mass is 9.81. The molecule has 3 aromatic heterocycles. The van der Waals surface area contributed by atoms with E-state index in [1.54, 1.807) is 24.3 Å². The van der Waals surface area contributed by atoms with E-state index in [0.29, 0.717) is 41.9 Å². The summed E-state index contributed by atoms with van der Waals surface area (Å²) in [4.78, 5) is 52.5. The summed E-state index contributed by atoms with van der Waals surface area (Å²) in [6.07, 6.45) is 7.50. The van der Waals surface area contributed by atoms with Gasteiger partial charge in [0.1, 0.15) is 23.2 Å². The molecule has 4 heterocycles. The van der Waals surface area contributed by atoms with E-state index < -0.39 is 29.0 Å². The number of likely N-dealkylation sites (tertiary alicyclic amines) is 1. The number of likely N-dealkylation sites (N-methyl/N-ethyl adjacent to an activating group) is 1. The summed E-state index contributed by atoms with van der Waals surface area (Å²) >= 11 is 0. The fourth-order valence-corrected chi connectivity index (χ4v) is 6.54. The summed E-state index contributed by atoms with van der Waals surface area (Å²) in [6.45, 7) is 10.1. The zero-order valence-electron chi connectivity index (χ0n) is 30.2. The molecule has 1 aliphatic heterocycles. The van der Waals surface area contributed by atoms with E-state index in [2.05, 4.69) is 55.0 Å². The van der Waals surface area contributed by atoms with Crippen LogP contribution in [0.2, 0.25) is 0 Å². The van der Waals surface area contributed by atoms with Crippen molar-refractivity contribution in [2.75, 3.05) is 46.1 Å². The Hall–Kier alpha value is -5.21. The van der Waals surface area contributed by atoms with Gasteiger partial charge in [0.25, 0.3) is 5.91 Å². The van der Waals surface area contributed by atoms with E-state index >= 15 is 0 Å². The normalized spacial score (nSPS) is 21.8. The van der Waals surface area contributed by atoms with E-state index in [4.69, 9.17) is 4.74 Å². The van der Waals surface area contributed by atoms with Gasteiger partial charge in [0, 0.05) is 30.1 Å². The van der Waals surface area contributed by atoms with Crippen molar-refractivity contribution in [2.24, 2.45) is 0 Å². The smallest absolute Gasteiger partial charge is 0.321 e. The Kier molecular flexibility index (Phi) is 9.66. The molecule has 0 radical (unpaired) electrons. The van der Waals surface area contributed by atoms with Crippen molar-refractivity contribution in [1.29, 1.82) is 0 Å². The first kappa shape index (κ1) is 35.6. The van der Waals surface area contributed by atoms with Gasteiger partial charge in [0.15, 0.2) is 17.8 Å². The molecule has 3 atom stereocenters. The molecule has 268 valence electrons. The number of ether oxygens (including phenoxy) is 1. The molecule has 0 unspecified atom stereocenters. The Morgan fingerprint density at radius 1 is 1.12 bits per heavy atom. The second-order valence-corrected chi connectivity index (χ2v) is 14.7. The number of urea groups is 1. The largest absolute Gasteiger partial charge is 0.480 e. The molecular formula is C37H46N10O4. The number of carbonyl (C=O) groups is 3. The second kappa shape index (κ2) is 13.8. The van der Waals surface area contributed by atoms with Crippen LogP contribution in [0.25, 0.3) is 5.65 Å². The number of amides is 3. The van der Waals surface area contributed by atoms with Crippen molar-refractivity contribution in [3.8, 4) is 5.75 Å². The number of nitrogens with one attached hydrogen (secondary N) is 3. The molecule has 6 rings (SSSR count). The summed E-state index contributed by atoms with van der Waals surface area (Å²) in [6, 6.07) is 12.0. The van der Waals surface area contributed by atoms with Crippen LogP contribution in [0.15, 0.2) is 60.8 Å². The van der Waals surface area contributed by atoms with Crippen LogP contribution in [0.4, 0.5) is 10.6 Å². The molecule has 3 N–H and O–H groups in total. The minimum absolute atomic E-state index is 0.0642. The molecule has 2 aliphatic rings. The van der Waals surface area contributed by atoms with Gasteiger partial charge < -0.3 is 20.3 Å². The highest BCUT2D eigenvalue weighted by molar-refractivity contribution is 5.94. The van der Waals surface area contributed by atoms with Crippen molar-refractivity contribution >= 4 is 29.7 Å². The summed E-state index contributed by atoms with van der Waals surface area (Å²) in [5.41, 5.74) is 0.388. The first-order valence-corrected chi connectivity index (χ1v) is 17.1. The number of aromatic nitrogens is 5. The number of hydrogen-bond donors (Lipinski definition) is 3. The Labute approximate surface area is 297 Å². The van der Waals surface area contributed by atoms with Gasteiger partial charge in [-0.1, -0.05) is 45.0 Å². The third-order valence-corrected chi connectivity index (χ3v) is 9.66. The zero-order chi connectivity index (χ0) is 36.6.